The molecule has 0 saturated carbocycles. The maximum absolute atomic E-state index is 13.4. The van der Waals surface area contributed by atoms with E-state index in [0.717, 1.165) is 10.6 Å². The number of carbonyl (C=O) groups is 1. The molecule has 0 saturated heterocycles. The minimum atomic E-state index is -3.86. The van der Waals surface area contributed by atoms with Gasteiger partial charge in [-0.15, -0.1) is 0 Å². The van der Waals surface area contributed by atoms with Gasteiger partial charge in [0.15, 0.2) is 11.5 Å². The summed E-state index contributed by atoms with van der Waals surface area (Å²) in [6.45, 7) is -0.0701. The maximum atomic E-state index is 13.4. The zero-order valence-electron chi connectivity index (χ0n) is 18.7. The van der Waals surface area contributed by atoms with E-state index in [1.54, 1.807) is 24.3 Å². The molecule has 35 heavy (non-hydrogen) atoms. The molecule has 0 heterocycles. The van der Waals surface area contributed by atoms with Gasteiger partial charge in [0.25, 0.3) is 5.91 Å². The van der Waals surface area contributed by atoms with Crippen LogP contribution in [0.15, 0.2) is 48.5 Å². The molecule has 0 fully saturated rings. The number of hydrogen-bond donors (Lipinski definition) is 1. The van der Waals surface area contributed by atoms with Gasteiger partial charge in [-0.2, -0.15) is 0 Å². The van der Waals surface area contributed by atoms with E-state index in [4.69, 9.17) is 55.9 Å². The summed E-state index contributed by atoms with van der Waals surface area (Å²) in [5.74, 6) is -0.205. The Labute approximate surface area is 223 Å². The van der Waals surface area contributed by atoms with Gasteiger partial charge in [0.2, 0.25) is 10.0 Å². The van der Waals surface area contributed by atoms with Crippen LogP contribution in [0.5, 0.6) is 11.5 Å². The van der Waals surface area contributed by atoms with Crippen LogP contribution in [0, 0.1) is 0 Å². The van der Waals surface area contributed by atoms with E-state index in [9.17, 15) is 13.2 Å². The second-order valence-electron chi connectivity index (χ2n) is 7.32. The fourth-order valence-electron chi connectivity index (χ4n) is 3.20. The second kappa shape index (κ2) is 11.1. The summed E-state index contributed by atoms with van der Waals surface area (Å²) in [6.07, 6.45) is 1.04. The predicted octanol–water partition coefficient (Wildman–Crippen LogP) is 6.54. The van der Waals surface area contributed by atoms with Gasteiger partial charge in [0.1, 0.15) is 0 Å². The molecule has 7 nitrogen and oxygen atoms in total. The topological polar surface area (TPSA) is 84.9 Å². The molecule has 3 aromatic rings. The summed E-state index contributed by atoms with van der Waals surface area (Å²) in [5.41, 5.74) is 0.891. The summed E-state index contributed by atoms with van der Waals surface area (Å²) in [6, 6.07) is 12.3. The summed E-state index contributed by atoms with van der Waals surface area (Å²) in [7, 11) is -1.06. The normalized spacial score (nSPS) is 11.2. The maximum Gasteiger partial charge on any atom is 0.257 e. The Balaban J connectivity index is 2.15. The molecule has 0 atom stereocenters. The number of ether oxygens (including phenoxy) is 2. The number of rotatable bonds is 8. The minimum Gasteiger partial charge on any atom is -0.493 e. The Bertz CT molecular complexity index is 1370. The second-order valence-corrected chi connectivity index (χ2v) is 10.9. The standard InChI is InChI=1S/C23H20Cl4N2O5S/c1-33-21-8-15(23(30)28-19-10-17(26)16(25)9-18(19)27)20(11-22(21)34-2)29(35(3,31)32)12-13-4-6-14(24)7-5-13/h4-11H,12H2,1-3H3,(H,28,30). The van der Waals surface area contributed by atoms with Gasteiger partial charge in [-0.3, -0.25) is 9.10 Å². The van der Waals surface area contributed by atoms with Crippen molar-refractivity contribution in [3.63, 3.8) is 0 Å². The van der Waals surface area contributed by atoms with Gasteiger partial charge in [0.05, 0.1) is 59.0 Å². The fourth-order valence-corrected chi connectivity index (χ4v) is 4.81. The number of methoxy groups -OCH3 is 2. The summed E-state index contributed by atoms with van der Waals surface area (Å²) in [4.78, 5) is 13.4. The smallest absolute Gasteiger partial charge is 0.257 e. The average molecular weight is 578 g/mol. The monoisotopic (exact) mass is 576 g/mol. The number of sulfonamides is 1. The molecule has 0 radical (unpaired) electrons. The third-order valence-electron chi connectivity index (χ3n) is 4.91. The van der Waals surface area contributed by atoms with Crippen molar-refractivity contribution in [2.75, 3.05) is 30.1 Å². The molecule has 1 amide bonds. The highest BCUT2D eigenvalue weighted by atomic mass is 35.5. The first-order valence-electron chi connectivity index (χ1n) is 9.88. The Morgan fingerprint density at radius 2 is 1.46 bits per heavy atom. The zero-order chi connectivity index (χ0) is 25.9. The van der Waals surface area contributed by atoms with Crippen molar-refractivity contribution in [2.45, 2.75) is 6.54 Å². The molecule has 0 bridgehead atoms. The Morgan fingerprint density at radius 1 is 0.886 bits per heavy atom. The highest BCUT2D eigenvalue weighted by molar-refractivity contribution is 7.92. The number of benzene rings is 3. The molecule has 1 N–H and O–H groups in total. The van der Waals surface area contributed by atoms with Crippen LogP contribution >= 0.6 is 46.4 Å². The lowest BCUT2D eigenvalue weighted by Crippen LogP contribution is -2.31. The van der Waals surface area contributed by atoms with Crippen molar-refractivity contribution in [3.8, 4) is 11.5 Å². The Kier molecular flexibility index (Phi) is 8.67. The molecule has 0 aliphatic heterocycles. The van der Waals surface area contributed by atoms with E-state index in [1.165, 1.54) is 38.5 Å². The van der Waals surface area contributed by atoms with Crippen LogP contribution in [0.1, 0.15) is 15.9 Å². The number of hydrogen-bond acceptors (Lipinski definition) is 5. The van der Waals surface area contributed by atoms with Crippen LogP contribution in [-0.2, 0) is 16.6 Å². The lowest BCUT2D eigenvalue weighted by atomic mass is 10.1. The molecule has 0 aliphatic rings. The number of nitrogens with zero attached hydrogens (tertiary/aromatic N) is 1. The van der Waals surface area contributed by atoms with E-state index >= 15 is 0 Å². The highest BCUT2D eigenvalue weighted by Crippen LogP contribution is 2.38. The van der Waals surface area contributed by atoms with E-state index in [-0.39, 0.29) is 50.0 Å². The minimum absolute atomic E-state index is 0.0100. The number of amides is 1. The quantitative estimate of drug-likeness (QED) is 0.307. The number of anilines is 2. The average Bonchev–Trinajstić information content (AvgIpc) is 2.80. The summed E-state index contributed by atoms with van der Waals surface area (Å²) < 4.78 is 37.5. The van der Waals surface area contributed by atoms with Crippen LogP contribution in [0.25, 0.3) is 0 Å². The molecule has 0 aromatic heterocycles. The van der Waals surface area contributed by atoms with Gasteiger partial charge in [-0.25, -0.2) is 8.42 Å². The fraction of sp³-hybridized carbons (Fsp3) is 0.174. The van der Waals surface area contributed by atoms with Crippen molar-refractivity contribution in [1.82, 2.24) is 0 Å². The molecular weight excluding hydrogens is 558 g/mol. The lowest BCUT2D eigenvalue weighted by Gasteiger charge is -2.26. The predicted molar refractivity (Wildman–Crippen MR) is 141 cm³/mol. The van der Waals surface area contributed by atoms with Gasteiger partial charge < -0.3 is 14.8 Å². The van der Waals surface area contributed by atoms with Crippen molar-refractivity contribution >= 4 is 73.7 Å². The molecule has 12 heteroatoms. The first-order chi connectivity index (χ1) is 16.4. The van der Waals surface area contributed by atoms with Crippen molar-refractivity contribution in [2.24, 2.45) is 0 Å². The Hall–Kier alpha value is -2.36. The molecule has 186 valence electrons. The number of carbonyl (C=O) groups excluding carboxylic acids is 1. The number of halogens is 4. The van der Waals surface area contributed by atoms with Gasteiger partial charge in [-0.05, 0) is 35.9 Å². The molecule has 0 spiro atoms. The summed E-state index contributed by atoms with van der Waals surface area (Å²) in [5, 5.41) is 3.70. The third-order valence-corrected chi connectivity index (χ3v) is 7.33. The first-order valence-corrected chi connectivity index (χ1v) is 13.2. The van der Waals surface area contributed by atoms with Crippen LogP contribution in [0.4, 0.5) is 11.4 Å². The molecule has 3 aromatic carbocycles. The molecule has 3 rings (SSSR count). The van der Waals surface area contributed by atoms with Crippen LogP contribution in [0.3, 0.4) is 0 Å². The van der Waals surface area contributed by atoms with Crippen LogP contribution < -0.4 is 19.1 Å². The van der Waals surface area contributed by atoms with E-state index < -0.39 is 15.9 Å². The Morgan fingerprint density at radius 3 is 2.03 bits per heavy atom. The van der Waals surface area contributed by atoms with Crippen LogP contribution in [0.2, 0.25) is 20.1 Å². The van der Waals surface area contributed by atoms with Crippen molar-refractivity contribution in [3.05, 3.63) is 79.7 Å². The third kappa shape index (κ3) is 6.45. The van der Waals surface area contributed by atoms with E-state index in [1.807, 2.05) is 0 Å². The van der Waals surface area contributed by atoms with Crippen molar-refractivity contribution in [1.29, 1.82) is 0 Å². The van der Waals surface area contributed by atoms with Crippen LogP contribution in [-0.4, -0.2) is 34.8 Å². The molecule has 0 aliphatic carbocycles. The van der Waals surface area contributed by atoms with Gasteiger partial charge in [-0.1, -0.05) is 58.5 Å². The van der Waals surface area contributed by atoms with Crippen molar-refractivity contribution < 1.29 is 22.7 Å². The van der Waals surface area contributed by atoms with Gasteiger partial charge >= 0.3 is 0 Å². The SMILES string of the molecule is COc1cc(C(=O)Nc2cc(Cl)c(Cl)cc2Cl)c(N(Cc2ccc(Cl)cc2)S(C)(=O)=O)cc1OC. The van der Waals surface area contributed by atoms with E-state index in [2.05, 4.69) is 5.32 Å². The van der Waals surface area contributed by atoms with Gasteiger partial charge in [0, 0.05) is 11.1 Å². The van der Waals surface area contributed by atoms with E-state index in [0.29, 0.717) is 10.6 Å². The first kappa shape index (κ1) is 27.2. The summed E-state index contributed by atoms with van der Waals surface area (Å²) >= 11 is 24.2. The molecule has 0 unspecified atom stereocenters. The highest BCUT2D eigenvalue weighted by Gasteiger charge is 2.27. The zero-order valence-corrected chi connectivity index (χ0v) is 22.6. The largest absolute Gasteiger partial charge is 0.493 e. The lowest BCUT2D eigenvalue weighted by molar-refractivity contribution is 0.102. The number of nitrogens with one attached hydrogen (secondary N) is 1. The molecular formula is C23H20Cl4N2O5S.